The van der Waals surface area contributed by atoms with Crippen molar-refractivity contribution in [2.24, 2.45) is 4.99 Å². The van der Waals surface area contributed by atoms with Crippen LogP contribution in [-0.2, 0) is 14.3 Å². The fourth-order valence-corrected chi connectivity index (χ4v) is 3.76. The van der Waals surface area contributed by atoms with Crippen LogP contribution in [0.3, 0.4) is 0 Å². The Morgan fingerprint density at radius 2 is 1.77 bits per heavy atom. The highest BCUT2D eigenvalue weighted by molar-refractivity contribution is 8.15. The zero-order valence-corrected chi connectivity index (χ0v) is 17.6. The maximum absolute atomic E-state index is 12.7. The fourth-order valence-electron chi connectivity index (χ4n) is 2.70. The van der Waals surface area contributed by atoms with Crippen molar-refractivity contribution in [1.29, 1.82) is 0 Å². The number of amidine groups is 1. The lowest BCUT2D eigenvalue weighted by molar-refractivity contribution is -0.128. The molecule has 1 aliphatic rings. The minimum atomic E-state index is -0.619. The van der Waals surface area contributed by atoms with Crippen molar-refractivity contribution in [2.45, 2.75) is 11.7 Å². The number of hydrogen-bond acceptors (Lipinski definition) is 7. The molecule has 0 aliphatic carbocycles. The molecule has 1 fully saturated rings. The molecule has 0 radical (unpaired) electrons. The number of amides is 2. The summed E-state index contributed by atoms with van der Waals surface area (Å²) in [6, 6.07) is 13.4. The van der Waals surface area contributed by atoms with Gasteiger partial charge in [-0.15, -0.1) is 0 Å². The predicted octanol–water partition coefficient (Wildman–Crippen LogP) is 3.07. The van der Waals surface area contributed by atoms with E-state index in [0.717, 1.165) is 0 Å². The molecule has 0 spiro atoms. The van der Waals surface area contributed by atoms with Gasteiger partial charge in [0, 0.05) is 19.2 Å². The van der Waals surface area contributed by atoms with E-state index in [4.69, 9.17) is 4.74 Å². The summed E-state index contributed by atoms with van der Waals surface area (Å²) >= 11 is 1.22. The summed E-state index contributed by atoms with van der Waals surface area (Å²) in [5, 5.41) is 2.60. The number of carbonyl (C=O) groups is 3. The van der Waals surface area contributed by atoms with Crippen LogP contribution in [0, 0.1) is 0 Å². The van der Waals surface area contributed by atoms with E-state index in [9.17, 15) is 14.4 Å². The number of anilines is 1. The molecule has 3 rings (SSSR count). The van der Waals surface area contributed by atoms with E-state index in [1.807, 2.05) is 0 Å². The van der Waals surface area contributed by atoms with Crippen molar-refractivity contribution in [2.75, 3.05) is 26.6 Å². The Hall–Kier alpha value is -3.33. The van der Waals surface area contributed by atoms with Crippen LogP contribution in [0.4, 0.5) is 11.4 Å². The second-order valence-electron chi connectivity index (χ2n) is 6.41. The number of methoxy groups -OCH3 is 2. The summed E-state index contributed by atoms with van der Waals surface area (Å²) in [6.45, 7) is 0. The van der Waals surface area contributed by atoms with Crippen molar-refractivity contribution >= 4 is 46.1 Å². The number of ether oxygens (including phenoxy) is 2. The summed E-state index contributed by atoms with van der Waals surface area (Å²) in [5.74, 6) is -0.254. The molecule has 1 atom stereocenters. The minimum absolute atomic E-state index is 0.0644. The van der Waals surface area contributed by atoms with Crippen LogP contribution in [0.5, 0.6) is 5.75 Å². The molecule has 1 aliphatic heterocycles. The van der Waals surface area contributed by atoms with Gasteiger partial charge in [0.25, 0.3) is 0 Å². The Balaban J connectivity index is 1.72. The van der Waals surface area contributed by atoms with Gasteiger partial charge in [-0.25, -0.2) is 9.79 Å². The van der Waals surface area contributed by atoms with Crippen LogP contribution in [0.15, 0.2) is 53.5 Å². The SMILES string of the molecule is COC(=O)c1ccc(NC(=O)[C@@H]2CC(=O)N(C)C(=Nc3ccc(OC)cc3)S2)cc1. The van der Waals surface area contributed by atoms with Gasteiger partial charge < -0.3 is 14.8 Å². The molecular weight excluding hydrogens is 406 g/mol. The molecule has 30 heavy (non-hydrogen) atoms. The number of hydrogen-bond donors (Lipinski definition) is 1. The van der Waals surface area contributed by atoms with Crippen LogP contribution in [-0.4, -0.2) is 54.4 Å². The van der Waals surface area contributed by atoms with Crippen LogP contribution >= 0.6 is 11.8 Å². The number of nitrogens with one attached hydrogen (secondary N) is 1. The first kappa shape index (κ1) is 21.4. The quantitative estimate of drug-likeness (QED) is 0.737. The van der Waals surface area contributed by atoms with E-state index in [1.165, 1.54) is 23.8 Å². The van der Waals surface area contributed by atoms with Crippen LogP contribution in [0.25, 0.3) is 0 Å². The number of aliphatic imine (C=N–C) groups is 1. The van der Waals surface area contributed by atoms with Crippen LogP contribution < -0.4 is 10.1 Å². The third kappa shape index (κ3) is 4.98. The lowest BCUT2D eigenvalue weighted by atomic mass is 10.2. The first-order valence-corrected chi connectivity index (χ1v) is 9.94. The minimum Gasteiger partial charge on any atom is -0.497 e. The van der Waals surface area contributed by atoms with Gasteiger partial charge in [0.05, 0.1) is 25.5 Å². The largest absolute Gasteiger partial charge is 0.497 e. The molecule has 1 heterocycles. The zero-order chi connectivity index (χ0) is 21.7. The third-order valence-corrected chi connectivity index (χ3v) is 5.67. The molecule has 156 valence electrons. The van der Waals surface area contributed by atoms with Crippen LogP contribution in [0.1, 0.15) is 16.8 Å². The van der Waals surface area contributed by atoms with Gasteiger partial charge in [0.1, 0.15) is 11.0 Å². The predicted molar refractivity (Wildman–Crippen MR) is 115 cm³/mol. The Labute approximate surface area is 178 Å². The van der Waals surface area contributed by atoms with Crippen molar-refractivity contribution < 1.29 is 23.9 Å². The van der Waals surface area contributed by atoms with Crippen molar-refractivity contribution in [3.8, 4) is 5.75 Å². The number of thioether (sulfide) groups is 1. The molecule has 8 nitrogen and oxygen atoms in total. The van der Waals surface area contributed by atoms with E-state index in [1.54, 1.807) is 62.7 Å². The molecule has 1 saturated heterocycles. The number of nitrogens with zero attached hydrogens (tertiary/aromatic N) is 2. The summed E-state index contributed by atoms with van der Waals surface area (Å²) < 4.78 is 9.79. The van der Waals surface area contributed by atoms with E-state index in [-0.39, 0.29) is 18.2 Å². The summed E-state index contributed by atoms with van der Waals surface area (Å²) in [6.07, 6.45) is 0.0644. The molecule has 0 bridgehead atoms. The van der Waals surface area contributed by atoms with Gasteiger partial charge in [-0.05, 0) is 48.5 Å². The Kier molecular flexibility index (Phi) is 6.73. The molecule has 0 aromatic heterocycles. The number of esters is 1. The molecule has 0 unspecified atom stereocenters. The normalized spacial score (nSPS) is 17.6. The van der Waals surface area contributed by atoms with Crippen molar-refractivity contribution in [3.05, 3.63) is 54.1 Å². The van der Waals surface area contributed by atoms with Crippen molar-refractivity contribution in [3.63, 3.8) is 0 Å². The highest BCUT2D eigenvalue weighted by Crippen LogP contribution is 2.29. The summed E-state index contributed by atoms with van der Waals surface area (Å²) in [5.41, 5.74) is 1.55. The second kappa shape index (κ2) is 9.45. The maximum atomic E-state index is 12.7. The van der Waals surface area contributed by atoms with Gasteiger partial charge in [-0.3, -0.25) is 14.5 Å². The highest BCUT2D eigenvalue weighted by atomic mass is 32.2. The van der Waals surface area contributed by atoms with Gasteiger partial charge in [-0.1, -0.05) is 11.8 Å². The van der Waals surface area contributed by atoms with Gasteiger partial charge in [0.15, 0.2) is 5.17 Å². The molecule has 2 amide bonds. The van der Waals surface area contributed by atoms with Crippen molar-refractivity contribution in [1.82, 2.24) is 4.90 Å². The third-order valence-electron chi connectivity index (χ3n) is 4.43. The molecule has 2 aromatic rings. The lowest BCUT2D eigenvalue weighted by Gasteiger charge is -2.28. The highest BCUT2D eigenvalue weighted by Gasteiger charge is 2.34. The van der Waals surface area contributed by atoms with E-state index >= 15 is 0 Å². The molecule has 1 N–H and O–H groups in total. The van der Waals surface area contributed by atoms with Gasteiger partial charge >= 0.3 is 5.97 Å². The van der Waals surface area contributed by atoms with E-state index < -0.39 is 11.2 Å². The molecule has 9 heteroatoms. The summed E-state index contributed by atoms with van der Waals surface area (Å²) in [7, 11) is 4.52. The van der Waals surface area contributed by atoms with Gasteiger partial charge in [0.2, 0.25) is 11.8 Å². The monoisotopic (exact) mass is 427 g/mol. The number of carbonyl (C=O) groups excluding carboxylic acids is 3. The van der Waals surface area contributed by atoms with Gasteiger partial charge in [-0.2, -0.15) is 0 Å². The number of benzene rings is 2. The molecular formula is C21H21N3O5S. The Morgan fingerprint density at radius 3 is 2.37 bits per heavy atom. The second-order valence-corrected chi connectivity index (χ2v) is 7.58. The molecule has 0 saturated carbocycles. The maximum Gasteiger partial charge on any atom is 0.337 e. The standard InChI is InChI=1S/C21H21N3O5S/c1-24-18(25)12-17(30-21(24)23-15-8-10-16(28-2)11-9-15)19(26)22-14-6-4-13(5-7-14)20(27)29-3/h4-11,17H,12H2,1-3H3,(H,22,26)/t17-/m0/s1. The fraction of sp³-hybridized carbons (Fsp3) is 0.238. The first-order chi connectivity index (χ1) is 14.4. The summed E-state index contributed by atoms with van der Waals surface area (Å²) in [4.78, 5) is 42.6. The smallest absolute Gasteiger partial charge is 0.337 e. The first-order valence-electron chi connectivity index (χ1n) is 9.06. The topological polar surface area (TPSA) is 97.3 Å². The average molecular weight is 427 g/mol. The Bertz CT molecular complexity index is 973. The Morgan fingerprint density at radius 1 is 1.10 bits per heavy atom. The van der Waals surface area contributed by atoms with E-state index in [0.29, 0.717) is 27.9 Å². The molecule has 2 aromatic carbocycles. The average Bonchev–Trinajstić information content (AvgIpc) is 2.77. The lowest BCUT2D eigenvalue weighted by Crippen LogP contribution is -2.43. The number of rotatable bonds is 5. The van der Waals surface area contributed by atoms with E-state index in [2.05, 4.69) is 15.0 Å². The van der Waals surface area contributed by atoms with Crippen LogP contribution in [0.2, 0.25) is 0 Å². The zero-order valence-electron chi connectivity index (χ0n) is 16.7.